The van der Waals surface area contributed by atoms with Crippen LogP contribution in [0.15, 0.2) is 24.3 Å². The number of aromatic nitrogens is 2. The summed E-state index contributed by atoms with van der Waals surface area (Å²) in [7, 11) is 0. The lowest BCUT2D eigenvalue weighted by Gasteiger charge is -2.23. The quantitative estimate of drug-likeness (QED) is 0.129. The van der Waals surface area contributed by atoms with E-state index in [1.165, 1.54) is 50.7 Å². The number of amides is 2. The molecule has 1 atom stereocenters. The molecule has 9 nitrogen and oxygen atoms in total. The molecule has 1 unspecified atom stereocenters. The number of carbonyl (C=O) groups excluding carboxylic acids is 2. The molecule has 2 N–H and O–H groups in total. The van der Waals surface area contributed by atoms with E-state index in [1.807, 2.05) is 4.90 Å². The molecule has 2 aromatic rings. The van der Waals surface area contributed by atoms with Crippen LogP contribution < -0.4 is 5.32 Å². The highest BCUT2D eigenvalue weighted by Crippen LogP contribution is 2.26. The van der Waals surface area contributed by atoms with E-state index < -0.39 is 18.0 Å². The molecular formula is C31H44ClN5O4. The van der Waals surface area contributed by atoms with Crippen molar-refractivity contribution in [2.45, 2.75) is 104 Å². The van der Waals surface area contributed by atoms with Crippen LogP contribution >= 0.6 is 11.6 Å². The van der Waals surface area contributed by atoms with Gasteiger partial charge in [-0.3, -0.25) is 14.4 Å². The fourth-order valence-corrected chi connectivity index (χ4v) is 4.84. The van der Waals surface area contributed by atoms with Crippen molar-refractivity contribution in [2.24, 2.45) is 0 Å². The summed E-state index contributed by atoms with van der Waals surface area (Å²) in [6, 6.07) is 6.05. The molecule has 1 aromatic carbocycles. The maximum Gasteiger partial charge on any atom is 0.395 e. The molecule has 0 saturated heterocycles. The average molecular weight is 586 g/mol. The largest absolute Gasteiger partial charge is 0.476 e. The van der Waals surface area contributed by atoms with Gasteiger partial charge < -0.3 is 15.3 Å². The minimum absolute atomic E-state index is 0.116. The number of hydrogen-bond donors (Lipinski definition) is 2. The number of benzene rings is 1. The number of nitrogens with zero attached hydrogens (tertiary/aromatic N) is 4. The topological polar surface area (TPSA) is 109 Å². The Kier molecular flexibility index (Phi) is 15.0. The Morgan fingerprint density at radius 3 is 2.05 bits per heavy atom. The first kappa shape index (κ1) is 33.8. The Balaban J connectivity index is 2.15. The molecule has 0 fully saturated rings. The normalized spacial score (nSPS) is 11.6. The van der Waals surface area contributed by atoms with E-state index in [0.717, 1.165) is 43.2 Å². The number of rotatable bonds is 19. The van der Waals surface area contributed by atoms with E-state index in [1.54, 1.807) is 19.1 Å². The van der Waals surface area contributed by atoms with E-state index >= 15 is 0 Å². The number of carbonyl (C=O) groups is 3. The lowest BCUT2D eigenvalue weighted by molar-refractivity contribution is -0.118. The molecule has 0 aliphatic heterocycles. The zero-order valence-electron chi connectivity index (χ0n) is 24.6. The smallest absolute Gasteiger partial charge is 0.395 e. The van der Waals surface area contributed by atoms with Crippen LogP contribution in [0.2, 0.25) is 5.02 Å². The second-order valence-electron chi connectivity index (χ2n) is 10.4. The van der Waals surface area contributed by atoms with Crippen molar-refractivity contribution in [3.05, 3.63) is 57.7 Å². The van der Waals surface area contributed by atoms with Gasteiger partial charge in [0.15, 0.2) is 5.69 Å². The van der Waals surface area contributed by atoms with Crippen LogP contribution in [-0.4, -0.2) is 50.7 Å². The average Bonchev–Trinajstić information content (AvgIpc) is 3.34. The van der Waals surface area contributed by atoms with Gasteiger partial charge in [0.25, 0.3) is 5.91 Å². The Morgan fingerprint density at radius 2 is 1.54 bits per heavy atom. The fourth-order valence-electron chi connectivity index (χ4n) is 4.68. The third-order valence-electron chi connectivity index (χ3n) is 7.05. The number of aryl methyl sites for hydroxylation is 1. The SMILES string of the molecule is [C-]#[N+]C(C(=O)Nc1cc(C(=O)N(CCCCCCCC)CCCCCCCC)ccc1Cl)n1nc(C(=O)O)cc1C. The molecule has 1 heterocycles. The zero-order chi connectivity index (χ0) is 30.2. The summed E-state index contributed by atoms with van der Waals surface area (Å²) in [5.41, 5.74) is 0.710. The van der Waals surface area contributed by atoms with Crippen LogP contribution in [0.1, 0.15) is 124 Å². The summed E-state index contributed by atoms with van der Waals surface area (Å²) in [6.45, 7) is 14.8. The first-order valence-electron chi connectivity index (χ1n) is 14.8. The number of carboxylic acids is 1. The number of aromatic carboxylic acids is 1. The molecule has 0 aliphatic rings. The van der Waals surface area contributed by atoms with Gasteiger partial charge in [0.2, 0.25) is 0 Å². The standard InChI is InChI=1S/C31H44ClN5O4/c1-5-7-9-11-13-15-19-36(20-16-14-12-10-8-6-2)30(39)24-17-18-25(32)26(22-24)34-29(38)28(33-4)37-23(3)21-27(35-37)31(40)41/h17-18,21-22,28H,5-16,19-20H2,1-3H3,(H,34,38)(H,40,41). The molecule has 1 aromatic heterocycles. The number of halogens is 1. The van der Waals surface area contributed by atoms with E-state index in [0.29, 0.717) is 24.3 Å². The summed E-state index contributed by atoms with van der Waals surface area (Å²) in [6.07, 6.45) is 12.2. The molecule has 2 rings (SSSR count). The fraction of sp³-hybridized carbons (Fsp3) is 0.581. The molecule has 0 radical (unpaired) electrons. The molecule has 0 spiro atoms. The second kappa shape index (κ2) is 18.1. The first-order valence-corrected chi connectivity index (χ1v) is 15.2. The first-order chi connectivity index (χ1) is 19.7. The van der Waals surface area contributed by atoms with Gasteiger partial charge >= 0.3 is 18.0 Å². The molecule has 10 heteroatoms. The van der Waals surface area contributed by atoms with Crippen LogP contribution in [-0.2, 0) is 4.79 Å². The van der Waals surface area contributed by atoms with Crippen molar-refractivity contribution in [3.63, 3.8) is 0 Å². The van der Waals surface area contributed by atoms with E-state index in [9.17, 15) is 19.5 Å². The monoisotopic (exact) mass is 585 g/mol. The number of hydrogen-bond acceptors (Lipinski definition) is 4. The minimum atomic E-state index is -1.43. The lowest BCUT2D eigenvalue weighted by Crippen LogP contribution is -2.33. The van der Waals surface area contributed by atoms with Crippen molar-refractivity contribution < 1.29 is 19.5 Å². The number of anilines is 1. The van der Waals surface area contributed by atoms with Gasteiger partial charge in [0, 0.05) is 24.3 Å². The highest BCUT2D eigenvalue weighted by molar-refractivity contribution is 6.34. The van der Waals surface area contributed by atoms with Gasteiger partial charge in [0.1, 0.15) is 0 Å². The highest BCUT2D eigenvalue weighted by atomic mass is 35.5. The van der Waals surface area contributed by atoms with E-state index in [-0.39, 0.29) is 22.3 Å². The maximum atomic E-state index is 13.6. The maximum absolute atomic E-state index is 13.6. The third kappa shape index (κ3) is 10.8. The van der Waals surface area contributed by atoms with E-state index in [2.05, 4.69) is 29.1 Å². The van der Waals surface area contributed by atoms with Crippen molar-refractivity contribution in [2.75, 3.05) is 18.4 Å². The zero-order valence-corrected chi connectivity index (χ0v) is 25.4. The molecular weight excluding hydrogens is 542 g/mol. The van der Waals surface area contributed by atoms with Gasteiger partial charge in [0.05, 0.1) is 10.7 Å². The Morgan fingerprint density at radius 1 is 0.976 bits per heavy atom. The number of nitrogens with one attached hydrogen (secondary N) is 1. The Hall–Kier alpha value is -3.38. The van der Waals surface area contributed by atoms with Gasteiger partial charge in [-0.25, -0.2) is 11.4 Å². The van der Waals surface area contributed by atoms with Gasteiger partial charge in [-0.2, -0.15) is 9.78 Å². The van der Waals surface area contributed by atoms with Crippen molar-refractivity contribution in [1.82, 2.24) is 14.7 Å². The summed E-state index contributed by atoms with van der Waals surface area (Å²) >= 11 is 6.37. The Labute approximate surface area is 249 Å². The van der Waals surface area contributed by atoms with Crippen LogP contribution in [0.4, 0.5) is 5.69 Å². The van der Waals surface area contributed by atoms with Gasteiger partial charge in [-0.15, -0.1) is 0 Å². The summed E-state index contributed by atoms with van der Waals surface area (Å²) < 4.78 is 1.07. The Bertz CT molecular complexity index is 1170. The molecule has 0 aliphatic carbocycles. The minimum Gasteiger partial charge on any atom is -0.476 e. The van der Waals surface area contributed by atoms with Crippen LogP contribution in [0.25, 0.3) is 4.85 Å². The van der Waals surface area contributed by atoms with E-state index in [4.69, 9.17) is 18.2 Å². The third-order valence-corrected chi connectivity index (χ3v) is 7.38. The lowest BCUT2D eigenvalue weighted by atomic mass is 10.1. The molecule has 224 valence electrons. The van der Waals surface area contributed by atoms with Crippen molar-refractivity contribution in [3.8, 4) is 0 Å². The van der Waals surface area contributed by atoms with Crippen LogP contribution in [0.5, 0.6) is 0 Å². The van der Waals surface area contributed by atoms with Crippen LogP contribution in [0.3, 0.4) is 0 Å². The predicted octanol–water partition coefficient (Wildman–Crippen LogP) is 7.76. The number of carboxylic acid groups (broad SMARTS) is 1. The van der Waals surface area contributed by atoms with Gasteiger partial charge in [-0.1, -0.05) is 89.7 Å². The van der Waals surface area contributed by atoms with Gasteiger partial charge in [-0.05, 0) is 44.0 Å². The summed E-state index contributed by atoms with van der Waals surface area (Å²) in [4.78, 5) is 43.2. The molecule has 41 heavy (non-hydrogen) atoms. The van der Waals surface area contributed by atoms with Crippen molar-refractivity contribution >= 4 is 35.1 Å². The van der Waals surface area contributed by atoms with Crippen LogP contribution in [0, 0.1) is 13.5 Å². The van der Waals surface area contributed by atoms with Crippen molar-refractivity contribution in [1.29, 1.82) is 0 Å². The summed E-state index contributed by atoms with van der Waals surface area (Å²) in [5.74, 6) is -2.10. The predicted molar refractivity (Wildman–Crippen MR) is 162 cm³/mol. The highest BCUT2D eigenvalue weighted by Gasteiger charge is 2.30. The second-order valence-corrected chi connectivity index (χ2v) is 10.8. The molecule has 2 amide bonds. The number of unbranched alkanes of at least 4 members (excludes halogenated alkanes) is 10. The summed E-state index contributed by atoms with van der Waals surface area (Å²) in [5, 5.41) is 16.0. The molecule has 0 bridgehead atoms. The molecule has 0 saturated carbocycles.